The van der Waals surface area contributed by atoms with E-state index >= 15 is 0 Å². The Balaban J connectivity index is 1.52. The highest BCUT2D eigenvalue weighted by molar-refractivity contribution is 5.66. The largest absolute Gasteiger partial charge is 0.298 e. The normalized spacial score (nSPS) is 18.0. The van der Waals surface area contributed by atoms with Crippen LogP contribution in [0.3, 0.4) is 0 Å². The lowest BCUT2D eigenvalue weighted by molar-refractivity contribution is 0.198. The Kier molecular flexibility index (Phi) is 5.03. The molecule has 1 atom stereocenters. The fourth-order valence-corrected chi connectivity index (χ4v) is 3.98. The molecule has 0 aliphatic carbocycles. The van der Waals surface area contributed by atoms with Crippen LogP contribution >= 0.6 is 0 Å². The molecule has 140 valence electrons. The molecule has 27 heavy (non-hydrogen) atoms. The van der Waals surface area contributed by atoms with Gasteiger partial charge in [0.25, 0.3) is 0 Å². The van der Waals surface area contributed by atoms with Crippen LogP contribution in [0.1, 0.15) is 35.6 Å². The predicted octanol–water partition coefficient (Wildman–Crippen LogP) is 5.04. The van der Waals surface area contributed by atoms with Gasteiger partial charge in [-0.2, -0.15) is 5.10 Å². The molecule has 5 heteroatoms. The van der Waals surface area contributed by atoms with Crippen LogP contribution < -0.4 is 0 Å². The van der Waals surface area contributed by atoms with Crippen molar-refractivity contribution in [2.24, 2.45) is 0 Å². The molecule has 0 saturated carbocycles. The minimum atomic E-state index is -0.796. The molecule has 1 aliphatic heterocycles. The van der Waals surface area contributed by atoms with E-state index in [1.165, 1.54) is 23.3 Å². The third-order valence-electron chi connectivity index (χ3n) is 5.30. The summed E-state index contributed by atoms with van der Waals surface area (Å²) in [5, 5.41) is 7.51. The van der Waals surface area contributed by atoms with Crippen LogP contribution in [0.25, 0.3) is 11.1 Å². The minimum Gasteiger partial charge on any atom is -0.298 e. The number of aromatic nitrogens is 2. The van der Waals surface area contributed by atoms with E-state index in [2.05, 4.69) is 46.3 Å². The summed E-state index contributed by atoms with van der Waals surface area (Å²) in [6.45, 7) is 4.55. The number of likely N-dealkylation sites (tertiary alicyclic amines) is 1. The van der Waals surface area contributed by atoms with Gasteiger partial charge in [-0.3, -0.25) is 10.00 Å². The molecule has 0 amide bonds. The quantitative estimate of drug-likeness (QED) is 0.700. The van der Waals surface area contributed by atoms with Gasteiger partial charge in [-0.15, -0.1) is 0 Å². The van der Waals surface area contributed by atoms with Crippen molar-refractivity contribution in [3.8, 4) is 11.1 Å². The second kappa shape index (κ2) is 7.61. The van der Waals surface area contributed by atoms with E-state index in [0.29, 0.717) is 12.5 Å². The Hall–Kier alpha value is -2.53. The minimum absolute atomic E-state index is 0.349. The van der Waals surface area contributed by atoms with Crippen molar-refractivity contribution in [2.45, 2.75) is 32.2 Å². The van der Waals surface area contributed by atoms with Crippen LogP contribution in [0.15, 0.2) is 48.7 Å². The summed E-state index contributed by atoms with van der Waals surface area (Å²) >= 11 is 0. The Labute approximate surface area is 158 Å². The Morgan fingerprint density at radius 3 is 2.85 bits per heavy atom. The first kappa shape index (κ1) is 17.9. The van der Waals surface area contributed by atoms with Gasteiger partial charge in [-0.25, -0.2) is 8.78 Å². The molecule has 1 unspecified atom stereocenters. The average Bonchev–Trinajstić information content (AvgIpc) is 3.15. The van der Waals surface area contributed by atoms with Gasteiger partial charge in [-0.1, -0.05) is 35.9 Å². The van der Waals surface area contributed by atoms with Gasteiger partial charge in [0.2, 0.25) is 0 Å². The van der Waals surface area contributed by atoms with E-state index < -0.39 is 11.6 Å². The maximum absolute atomic E-state index is 13.5. The zero-order chi connectivity index (χ0) is 18.8. The molecule has 0 bridgehead atoms. The summed E-state index contributed by atoms with van der Waals surface area (Å²) in [7, 11) is 0. The zero-order valence-corrected chi connectivity index (χ0v) is 15.4. The molecule has 1 aromatic heterocycles. The average molecular weight is 367 g/mol. The summed E-state index contributed by atoms with van der Waals surface area (Å²) in [6.07, 6.45) is 4.06. The van der Waals surface area contributed by atoms with Crippen molar-refractivity contribution in [3.63, 3.8) is 0 Å². The lowest BCUT2D eigenvalue weighted by Gasteiger charge is -2.32. The van der Waals surface area contributed by atoms with Crippen molar-refractivity contribution >= 4 is 0 Å². The standard InChI is InChI=1S/C22H23F2N3/c1-15-4-2-5-17(10-15)19-12-25-26-22(19)18-6-3-9-27(14-18)13-16-7-8-20(23)21(24)11-16/h2,4-5,7-8,10-12,18H,3,6,9,13-14H2,1H3,(H,25,26). The van der Waals surface area contributed by atoms with Gasteiger partial charge >= 0.3 is 0 Å². The second-order valence-corrected chi connectivity index (χ2v) is 7.39. The first-order valence-corrected chi connectivity index (χ1v) is 9.37. The highest BCUT2D eigenvalue weighted by Crippen LogP contribution is 2.33. The molecule has 2 aromatic carbocycles. The third kappa shape index (κ3) is 3.93. The van der Waals surface area contributed by atoms with Crippen molar-refractivity contribution in [1.82, 2.24) is 15.1 Å². The van der Waals surface area contributed by atoms with E-state index in [-0.39, 0.29) is 0 Å². The van der Waals surface area contributed by atoms with Crippen molar-refractivity contribution in [3.05, 3.63) is 77.1 Å². The first-order valence-electron chi connectivity index (χ1n) is 9.37. The topological polar surface area (TPSA) is 31.9 Å². The molecule has 1 saturated heterocycles. The van der Waals surface area contributed by atoms with E-state index in [4.69, 9.17) is 0 Å². The number of piperidine rings is 1. The monoisotopic (exact) mass is 367 g/mol. The molecule has 0 radical (unpaired) electrons. The molecule has 1 fully saturated rings. The van der Waals surface area contributed by atoms with Crippen molar-refractivity contribution < 1.29 is 8.78 Å². The molecule has 2 heterocycles. The van der Waals surface area contributed by atoms with Gasteiger partial charge in [-0.05, 0) is 49.6 Å². The predicted molar refractivity (Wildman–Crippen MR) is 102 cm³/mol. The van der Waals surface area contributed by atoms with E-state index in [0.717, 1.165) is 42.8 Å². The second-order valence-electron chi connectivity index (χ2n) is 7.39. The van der Waals surface area contributed by atoms with Crippen LogP contribution in [0.2, 0.25) is 0 Å². The van der Waals surface area contributed by atoms with Crippen LogP contribution in [0.5, 0.6) is 0 Å². The van der Waals surface area contributed by atoms with Crippen molar-refractivity contribution in [2.75, 3.05) is 13.1 Å². The molecular formula is C22H23F2N3. The highest BCUT2D eigenvalue weighted by atomic mass is 19.2. The fraction of sp³-hybridized carbons (Fsp3) is 0.318. The van der Waals surface area contributed by atoms with E-state index in [9.17, 15) is 8.78 Å². The lowest BCUT2D eigenvalue weighted by Crippen LogP contribution is -2.34. The smallest absolute Gasteiger partial charge is 0.159 e. The summed E-state index contributed by atoms with van der Waals surface area (Å²) in [5.74, 6) is -1.23. The number of aromatic amines is 1. The molecule has 1 aliphatic rings. The number of hydrogen-bond donors (Lipinski definition) is 1. The van der Waals surface area contributed by atoms with E-state index in [1.807, 2.05) is 6.20 Å². The summed E-state index contributed by atoms with van der Waals surface area (Å²) in [5.41, 5.74) is 5.52. The summed E-state index contributed by atoms with van der Waals surface area (Å²) in [6, 6.07) is 12.6. The van der Waals surface area contributed by atoms with Crippen molar-refractivity contribution in [1.29, 1.82) is 0 Å². The number of nitrogens with one attached hydrogen (secondary N) is 1. The molecule has 3 nitrogen and oxygen atoms in total. The molecule has 3 aromatic rings. The van der Waals surface area contributed by atoms with Crippen LogP contribution in [0.4, 0.5) is 8.78 Å². The number of hydrogen-bond acceptors (Lipinski definition) is 2. The fourth-order valence-electron chi connectivity index (χ4n) is 3.98. The van der Waals surface area contributed by atoms with Crippen LogP contribution in [-0.2, 0) is 6.54 Å². The maximum atomic E-state index is 13.5. The highest BCUT2D eigenvalue weighted by Gasteiger charge is 2.25. The van der Waals surface area contributed by atoms with Gasteiger partial charge in [0.1, 0.15) is 0 Å². The number of nitrogens with zero attached hydrogens (tertiary/aromatic N) is 2. The Morgan fingerprint density at radius 1 is 1.15 bits per heavy atom. The van der Waals surface area contributed by atoms with Crippen LogP contribution in [-0.4, -0.2) is 28.2 Å². The number of H-pyrrole nitrogens is 1. The molecule has 1 N–H and O–H groups in total. The van der Waals surface area contributed by atoms with Gasteiger partial charge < -0.3 is 0 Å². The molecule has 0 spiro atoms. The number of rotatable bonds is 4. The van der Waals surface area contributed by atoms with Gasteiger partial charge in [0.05, 0.1) is 6.20 Å². The summed E-state index contributed by atoms with van der Waals surface area (Å²) < 4.78 is 26.7. The number of halogens is 2. The SMILES string of the molecule is Cc1cccc(-c2cn[nH]c2C2CCCN(Cc3ccc(F)c(F)c3)C2)c1. The third-order valence-corrected chi connectivity index (χ3v) is 5.30. The molecule has 4 rings (SSSR count). The van der Waals surface area contributed by atoms with Gasteiger partial charge in [0.15, 0.2) is 11.6 Å². The van der Waals surface area contributed by atoms with E-state index in [1.54, 1.807) is 6.07 Å². The zero-order valence-electron chi connectivity index (χ0n) is 15.4. The van der Waals surface area contributed by atoms with Crippen LogP contribution in [0, 0.1) is 18.6 Å². The number of aryl methyl sites for hydroxylation is 1. The van der Waals surface area contributed by atoms with Gasteiger partial charge in [0, 0.05) is 30.3 Å². The Morgan fingerprint density at radius 2 is 2.04 bits per heavy atom. The Bertz CT molecular complexity index is 935. The first-order chi connectivity index (χ1) is 13.1. The number of benzene rings is 2. The maximum Gasteiger partial charge on any atom is 0.159 e. The summed E-state index contributed by atoms with van der Waals surface area (Å²) in [4.78, 5) is 2.31. The lowest BCUT2D eigenvalue weighted by atomic mass is 9.90. The molecular weight excluding hydrogens is 344 g/mol.